The summed E-state index contributed by atoms with van der Waals surface area (Å²) in [4.78, 5) is 24.8. The van der Waals surface area contributed by atoms with E-state index in [9.17, 15) is 9.59 Å². The van der Waals surface area contributed by atoms with Crippen LogP contribution in [0.5, 0.6) is 0 Å². The molecule has 1 N–H and O–H groups in total. The third kappa shape index (κ3) is 2.99. The van der Waals surface area contributed by atoms with E-state index in [1.54, 1.807) is 12.3 Å². The van der Waals surface area contributed by atoms with Crippen LogP contribution in [0.1, 0.15) is 15.9 Å². The molecule has 0 spiro atoms. The highest BCUT2D eigenvalue weighted by Gasteiger charge is 2.14. The van der Waals surface area contributed by atoms with Crippen LogP contribution < -0.4 is 10.9 Å². The molecule has 0 fully saturated rings. The number of fused-ring (bicyclic) bond motifs is 3. The molecule has 3 aromatic heterocycles. The summed E-state index contributed by atoms with van der Waals surface area (Å²) in [5.41, 5.74) is 2.03. The molecule has 4 nitrogen and oxygen atoms in total. The van der Waals surface area contributed by atoms with Gasteiger partial charge in [-0.15, -0.1) is 11.3 Å². The average molecular weight is 358 g/mol. The number of rotatable bonds is 2. The van der Waals surface area contributed by atoms with Crippen molar-refractivity contribution in [1.82, 2.24) is 9.72 Å². The maximum absolute atomic E-state index is 12.6. The number of nitrogens with one attached hydrogen (secondary N) is 1. The number of benzene rings is 1. The van der Waals surface area contributed by atoms with Crippen LogP contribution in [0.15, 0.2) is 71.0 Å². The Labute approximate surface area is 153 Å². The Morgan fingerprint density at radius 2 is 1.92 bits per heavy atom. The first-order valence-electron chi connectivity index (χ1n) is 8.08. The zero-order valence-corrected chi connectivity index (χ0v) is 14.5. The van der Waals surface area contributed by atoms with E-state index in [4.69, 9.17) is 0 Å². The number of nitrogens with zero attached hydrogens (tertiary/aromatic N) is 1. The van der Waals surface area contributed by atoms with E-state index >= 15 is 0 Å². The van der Waals surface area contributed by atoms with E-state index in [1.807, 2.05) is 47.8 Å². The van der Waals surface area contributed by atoms with Gasteiger partial charge in [0.2, 0.25) is 0 Å². The van der Waals surface area contributed by atoms with Crippen LogP contribution >= 0.6 is 11.3 Å². The smallest absolute Gasteiger partial charge is 0.255 e. The van der Waals surface area contributed by atoms with Crippen LogP contribution in [0.2, 0.25) is 0 Å². The molecule has 126 valence electrons. The Morgan fingerprint density at radius 1 is 1.08 bits per heavy atom. The number of carbonyl (C=O) groups excluding carboxylic acids is 1. The van der Waals surface area contributed by atoms with Crippen molar-refractivity contribution >= 4 is 32.8 Å². The molecule has 0 atom stereocenters. The molecule has 0 aliphatic carbocycles. The number of pyridine rings is 2. The number of thiophene rings is 1. The number of aromatic nitrogens is 1. The second-order valence-electron chi connectivity index (χ2n) is 5.68. The van der Waals surface area contributed by atoms with E-state index in [2.05, 4.69) is 17.2 Å². The van der Waals surface area contributed by atoms with Gasteiger partial charge < -0.3 is 5.32 Å². The fourth-order valence-corrected chi connectivity index (χ4v) is 3.74. The molecule has 0 radical (unpaired) electrons. The first-order valence-corrected chi connectivity index (χ1v) is 8.96. The monoisotopic (exact) mass is 358 g/mol. The predicted octanol–water partition coefficient (Wildman–Crippen LogP) is 3.30. The maximum atomic E-state index is 12.6. The molecular weight excluding hydrogens is 344 g/mol. The molecule has 0 saturated carbocycles. The molecule has 3 heterocycles. The zero-order valence-electron chi connectivity index (χ0n) is 13.7. The standard InChI is InChI=1S/C21H14N2O2S/c24-19-10-4-9-18-20-16(11-13-26-20)17(14-23(18)19)21(25)22-12-5-8-15-6-2-1-3-7-15/h1-4,6-7,9-11,13-14H,12H2,(H,22,25). The predicted molar refractivity (Wildman–Crippen MR) is 105 cm³/mol. The summed E-state index contributed by atoms with van der Waals surface area (Å²) >= 11 is 1.52. The average Bonchev–Trinajstić information content (AvgIpc) is 3.16. The van der Waals surface area contributed by atoms with Gasteiger partial charge in [-0.05, 0) is 29.6 Å². The van der Waals surface area contributed by atoms with Gasteiger partial charge in [-0.3, -0.25) is 14.0 Å². The fraction of sp³-hybridized carbons (Fsp3) is 0.0476. The lowest BCUT2D eigenvalue weighted by Crippen LogP contribution is -2.25. The summed E-state index contributed by atoms with van der Waals surface area (Å²) in [6.45, 7) is 0.237. The van der Waals surface area contributed by atoms with Gasteiger partial charge >= 0.3 is 0 Å². The zero-order chi connectivity index (χ0) is 17.9. The van der Waals surface area contributed by atoms with Crippen molar-refractivity contribution in [2.45, 2.75) is 0 Å². The molecule has 0 aliphatic heterocycles. The van der Waals surface area contributed by atoms with Crippen LogP contribution in [-0.2, 0) is 0 Å². The number of carbonyl (C=O) groups is 1. The van der Waals surface area contributed by atoms with Crippen molar-refractivity contribution in [2.24, 2.45) is 0 Å². The van der Waals surface area contributed by atoms with Gasteiger partial charge in [0.25, 0.3) is 11.5 Å². The highest BCUT2D eigenvalue weighted by molar-refractivity contribution is 7.18. The van der Waals surface area contributed by atoms with Gasteiger partial charge in [-0.1, -0.05) is 36.1 Å². The van der Waals surface area contributed by atoms with Crippen molar-refractivity contribution in [1.29, 1.82) is 0 Å². The molecule has 4 aromatic rings. The molecular formula is C21H14N2O2S. The van der Waals surface area contributed by atoms with Crippen molar-refractivity contribution in [3.8, 4) is 11.8 Å². The van der Waals surface area contributed by atoms with Crippen molar-refractivity contribution in [3.63, 3.8) is 0 Å². The van der Waals surface area contributed by atoms with Crippen LogP contribution in [0.3, 0.4) is 0 Å². The van der Waals surface area contributed by atoms with Gasteiger partial charge in [-0.2, -0.15) is 0 Å². The minimum absolute atomic E-state index is 0.157. The van der Waals surface area contributed by atoms with Crippen molar-refractivity contribution < 1.29 is 4.79 Å². The molecule has 0 unspecified atom stereocenters. The fourth-order valence-electron chi connectivity index (χ4n) is 2.81. The third-order valence-corrected chi connectivity index (χ3v) is 4.96. The lowest BCUT2D eigenvalue weighted by atomic mass is 10.1. The second-order valence-corrected chi connectivity index (χ2v) is 6.59. The van der Waals surface area contributed by atoms with Crippen LogP contribution in [0.4, 0.5) is 0 Å². The highest BCUT2D eigenvalue weighted by Crippen LogP contribution is 2.28. The third-order valence-electron chi connectivity index (χ3n) is 4.02. The van der Waals surface area contributed by atoms with Gasteiger partial charge in [0.15, 0.2) is 0 Å². The summed E-state index contributed by atoms with van der Waals surface area (Å²) in [7, 11) is 0. The first-order chi connectivity index (χ1) is 12.7. The van der Waals surface area contributed by atoms with Crippen LogP contribution in [0, 0.1) is 11.8 Å². The van der Waals surface area contributed by atoms with Gasteiger partial charge in [-0.25, -0.2) is 0 Å². The summed E-state index contributed by atoms with van der Waals surface area (Å²) in [6.07, 6.45) is 1.60. The Bertz CT molecular complexity index is 1230. The Morgan fingerprint density at radius 3 is 2.77 bits per heavy atom. The topological polar surface area (TPSA) is 50.6 Å². The quantitative estimate of drug-likeness (QED) is 0.559. The number of hydrogen-bond acceptors (Lipinski definition) is 3. The molecule has 1 amide bonds. The Kier molecular flexibility index (Phi) is 4.26. The second kappa shape index (κ2) is 6.87. The van der Waals surface area contributed by atoms with Crippen LogP contribution in [-0.4, -0.2) is 16.9 Å². The number of hydrogen-bond donors (Lipinski definition) is 1. The van der Waals surface area contributed by atoms with Gasteiger partial charge in [0, 0.05) is 23.2 Å². The lowest BCUT2D eigenvalue weighted by molar-refractivity contribution is 0.0960. The summed E-state index contributed by atoms with van der Waals surface area (Å²) < 4.78 is 2.44. The van der Waals surface area contributed by atoms with E-state index in [1.165, 1.54) is 21.8 Å². The summed E-state index contributed by atoms with van der Waals surface area (Å²) in [5.74, 6) is 5.71. The molecule has 1 aromatic carbocycles. The van der Waals surface area contributed by atoms with E-state index < -0.39 is 0 Å². The van der Waals surface area contributed by atoms with Gasteiger partial charge in [0.1, 0.15) is 0 Å². The Balaban J connectivity index is 1.64. The van der Waals surface area contributed by atoms with E-state index in [0.29, 0.717) is 5.56 Å². The summed E-state index contributed by atoms with van der Waals surface area (Å²) in [5, 5.41) is 5.58. The largest absolute Gasteiger partial charge is 0.341 e. The van der Waals surface area contributed by atoms with E-state index in [-0.39, 0.29) is 18.0 Å². The highest BCUT2D eigenvalue weighted by atomic mass is 32.1. The lowest BCUT2D eigenvalue weighted by Gasteiger charge is -2.08. The first kappa shape index (κ1) is 16.1. The molecule has 4 rings (SSSR count). The molecule has 0 bridgehead atoms. The SMILES string of the molecule is O=C(NCC#Cc1ccccc1)c1cn2c(=O)cccc2c2sccc12. The van der Waals surface area contributed by atoms with Crippen LogP contribution in [0.25, 0.3) is 15.6 Å². The van der Waals surface area contributed by atoms with Crippen molar-refractivity contribution in [3.05, 3.63) is 87.7 Å². The normalized spacial score (nSPS) is 10.5. The molecule has 5 heteroatoms. The Hall–Kier alpha value is -3.36. The number of amides is 1. The van der Waals surface area contributed by atoms with E-state index in [0.717, 1.165) is 21.2 Å². The molecule has 0 aliphatic rings. The minimum Gasteiger partial charge on any atom is -0.341 e. The molecule has 0 saturated heterocycles. The van der Waals surface area contributed by atoms with Gasteiger partial charge in [0.05, 0.1) is 22.3 Å². The molecule has 26 heavy (non-hydrogen) atoms. The van der Waals surface area contributed by atoms with Crippen molar-refractivity contribution in [2.75, 3.05) is 6.54 Å². The summed E-state index contributed by atoms with van der Waals surface area (Å²) in [6, 6.07) is 16.6. The maximum Gasteiger partial charge on any atom is 0.255 e. The minimum atomic E-state index is -0.242.